The summed E-state index contributed by atoms with van der Waals surface area (Å²) in [5.74, 6) is -0.880. The Hall–Kier alpha value is -3.46. The molecule has 0 bridgehead atoms. The fourth-order valence-electron chi connectivity index (χ4n) is 4.33. The monoisotopic (exact) mass is 552 g/mol. The first-order valence-electron chi connectivity index (χ1n) is 12.1. The van der Waals surface area contributed by atoms with Crippen molar-refractivity contribution in [3.63, 3.8) is 0 Å². The molecule has 8 nitrogen and oxygen atoms in total. The normalized spacial score (nSPS) is 14.4. The first-order chi connectivity index (χ1) is 17.4. The van der Waals surface area contributed by atoms with Crippen molar-refractivity contribution in [2.24, 2.45) is 0 Å². The molecule has 2 aromatic carbocycles. The molecular formula is C27H29BrN4O4. The van der Waals surface area contributed by atoms with Crippen molar-refractivity contribution in [3.8, 4) is 0 Å². The summed E-state index contributed by atoms with van der Waals surface area (Å²) >= 11 is 3.44. The van der Waals surface area contributed by atoms with Gasteiger partial charge in [0.05, 0.1) is 12.1 Å². The van der Waals surface area contributed by atoms with Crippen molar-refractivity contribution in [1.82, 2.24) is 15.1 Å². The number of carbonyl (C=O) groups excluding carboxylic acids is 3. The largest absolute Gasteiger partial charge is 0.464 e. The van der Waals surface area contributed by atoms with E-state index >= 15 is 0 Å². The van der Waals surface area contributed by atoms with Crippen LogP contribution in [0.4, 0.5) is 5.69 Å². The number of aromatic nitrogens is 2. The van der Waals surface area contributed by atoms with Crippen molar-refractivity contribution in [2.45, 2.75) is 52.1 Å². The zero-order chi connectivity index (χ0) is 25.7. The molecule has 1 unspecified atom stereocenters. The van der Waals surface area contributed by atoms with Crippen LogP contribution in [0.1, 0.15) is 51.1 Å². The molecule has 0 spiro atoms. The van der Waals surface area contributed by atoms with Gasteiger partial charge < -0.3 is 15.4 Å². The van der Waals surface area contributed by atoms with Crippen LogP contribution in [0.25, 0.3) is 10.9 Å². The van der Waals surface area contributed by atoms with E-state index in [9.17, 15) is 14.4 Å². The minimum absolute atomic E-state index is 0.204. The van der Waals surface area contributed by atoms with Crippen LogP contribution in [0.3, 0.4) is 0 Å². The number of hydrogen-bond donors (Lipinski definition) is 2. The van der Waals surface area contributed by atoms with Crippen LogP contribution in [0.2, 0.25) is 0 Å². The fourth-order valence-corrected chi connectivity index (χ4v) is 4.84. The van der Waals surface area contributed by atoms with Crippen molar-refractivity contribution < 1.29 is 19.1 Å². The summed E-state index contributed by atoms with van der Waals surface area (Å²) in [4.78, 5) is 38.5. The van der Waals surface area contributed by atoms with E-state index in [4.69, 9.17) is 4.74 Å². The SMILES string of the molecule is CCOC(=O)C(C)n1nc(Br)c2ccc(NC(=O)C3=C(C(=O)NCc4ccccc4)CCCC3)cc21. The number of anilines is 1. The molecule has 1 aliphatic rings. The zero-order valence-electron chi connectivity index (χ0n) is 20.3. The van der Waals surface area contributed by atoms with Gasteiger partial charge in [-0.15, -0.1) is 0 Å². The van der Waals surface area contributed by atoms with Crippen LogP contribution in [-0.4, -0.2) is 34.2 Å². The second-order valence-electron chi connectivity index (χ2n) is 8.68. The molecule has 2 N–H and O–H groups in total. The van der Waals surface area contributed by atoms with Crippen LogP contribution in [0.5, 0.6) is 0 Å². The summed E-state index contributed by atoms with van der Waals surface area (Å²) in [5.41, 5.74) is 3.29. The third kappa shape index (κ3) is 5.67. The van der Waals surface area contributed by atoms with Crippen molar-refractivity contribution >= 4 is 50.3 Å². The maximum atomic E-state index is 13.3. The molecule has 1 aromatic heterocycles. The average molecular weight is 553 g/mol. The molecule has 2 amide bonds. The Morgan fingerprint density at radius 3 is 2.44 bits per heavy atom. The predicted molar refractivity (Wildman–Crippen MR) is 141 cm³/mol. The molecule has 188 valence electrons. The highest BCUT2D eigenvalue weighted by molar-refractivity contribution is 9.10. The maximum absolute atomic E-state index is 13.3. The summed E-state index contributed by atoms with van der Waals surface area (Å²) in [6.45, 7) is 4.16. The molecule has 3 aromatic rings. The van der Waals surface area contributed by atoms with Crippen LogP contribution in [0.15, 0.2) is 64.3 Å². The number of halogens is 1. The molecule has 1 heterocycles. The topological polar surface area (TPSA) is 102 Å². The Morgan fingerprint density at radius 2 is 1.75 bits per heavy atom. The van der Waals surface area contributed by atoms with Gasteiger partial charge in [0, 0.05) is 28.8 Å². The van der Waals surface area contributed by atoms with Crippen molar-refractivity contribution in [1.29, 1.82) is 0 Å². The number of hydrogen-bond acceptors (Lipinski definition) is 5. The molecule has 0 saturated carbocycles. The number of ether oxygens (including phenoxy) is 1. The summed E-state index contributed by atoms with van der Waals surface area (Å²) in [6, 6.07) is 14.4. The van der Waals surface area contributed by atoms with Gasteiger partial charge in [-0.3, -0.25) is 9.59 Å². The van der Waals surface area contributed by atoms with Gasteiger partial charge in [0.2, 0.25) is 5.91 Å². The number of rotatable bonds is 8. The summed E-state index contributed by atoms with van der Waals surface area (Å²) in [6.07, 6.45) is 2.84. The summed E-state index contributed by atoms with van der Waals surface area (Å²) in [7, 11) is 0. The van der Waals surface area contributed by atoms with Gasteiger partial charge in [-0.05, 0) is 79.2 Å². The van der Waals surface area contributed by atoms with E-state index < -0.39 is 6.04 Å². The Morgan fingerprint density at radius 1 is 1.06 bits per heavy atom. The molecule has 4 rings (SSSR count). The Kier molecular flexibility index (Phi) is 8.20. The van der Waals surface area contributed by atoms with Gasteiger partial charge >= 0.3 is 5.97 Å². The zero-order valence-corrected chi connectivity index (χ0v) is 21.9. The number of esters is 1. The van der Waals surface area contributed by atoms with Gasteiger partial charge in [0.25, 0.3) is 5.91 Å². The molecule has 0 saturated heterocycles. The second-order valence-corrected chi connectivity index (χ2v) is 9.43. The van der Waals surface area contributed by atoms with E-state index in [0.29, 0.717) is 46.3 Å². The number of fused-ring (bicyclic) bond motifs is 1. The molecule has 0 aliphatic heterocycles. The van der Waals surface area contributed by atoms with Gasteiger partial charge in [-0.2, -0.15) is 5.10 Å². The molecule has 1 aliphatic carbocycles. The highest BCUT2D eigenvalue weighted by atomic mass is 79.9. The van der Waals surface area contributed by atoms with Gasteiger partial charge in [0.1, 0.15) is 10.6 Å². The molecule has 0 fully saturated rings. The minimum Gasteiger partial charge on any atom is -0.464 e. The van der Waals surface area contributed by atoms with E-state index in [1.54, 1.807) is 30.7 Å². The van der Waals surface area contributed by atoms with Crippen LogP contribution < -0.4 is 10.6 Å². The minimum atomic E-state index is -0.634. The number of amides is 2. The number of carbonyl (C=O) groups is 3. The molecule has 36 heavy (non-hydrogen) atoms. The van der Waals surface area contributed by atoms with Crippen LogP contribution in [0, 0.1) is 0 Å². The lowest BCUT2D eigenvalue weighted by molar-refractivity contribution is -0.146. The standard InChI is InChI=1S/C27H29BrN4O4/c1-3-36-27(35)17(2)32-23-15-19(13-14-22(23)24(28)31-32)30-26(34)21-12-8-7-11-20(21)25(33)29-16-18-9-5-4-6-10-18/h4-6,9-10,13-15,17H,3,7-8,11-12,16H2,1-2H3,(H,29,33)(H,30,34). The highest BCUT2D eigenvalue weighted by Gasteiger charge is 2.25. The molecule has 9 heteroatoms. The van der Waals surface area contributed by atoms with Gasteiger partial charge in [-0.1, -0.05) is 30.3 Å². The van der Waals surface area contributed by atoms with Gasteiger partial charge in [0.15, 0.2) is 0 Å². The Labute approximate surface area is 218 Å². The average Bonchev–Trinajstić information content (AvgIpc) is 3.23. The fraction of sp³-hybridized carbons (Fsp3) is 0.333. The number of benzene rings is 2. The third-order valence-electron chi connectivity index (χ3n) is 6.23. The van der Waals surface area contributed by atoms with E-state index in [0.717, 1.165) is 23.8 Å². The lowest BCUT2D eigenvalue weighted by Gasteiger charge is -2.20. The highest BCUT2D eigenvalue weighted by Crippen LogP contribution is 2.30. The van der Waals surface area contributed by atoms with E-state index in [2.05, 4.69) is 31.7 Å². The van der Waals surface area contributed by atoms with Crippen LogP contribution >= 0.6 is 15.9 Å². The molecular weight excluding hydrogens is 524 g/mol. The van der Waals surface area contributed by atoms with E-state index in [-0.39, 0.29) is 24.4 Å². The third-order valence-corrected chi connectivity index (χ3v) is 6.81. The first kappa shape index (κ1) is 25.6. The van der Waals surface area contributed by atoms with E-state index in [1.807, 2.05) is 36.4 Å². The Balaban J connectivity index is 1.55. The van der Waals surface area contributed by atoms with Gasteiger partial charge in [-0.25, -0.2) is 9.48 Å². The van der Waals surface area contributed by atoms with Crippen LogP contribution in [-0.2, 0) is 25.7 Å². The lowest BCUT2D eigenvalue weighted by Crippen LogP contribution is -2.29. The smallest absolute Gasteiger partial charge is 0.330 e. The number of nitrogens with zero attached hydrogens (tertiary/aromatic N) is 2. The Bertz CT molecular complexity index is 1320. The molecule has 0 radical (unpaired) electrons. The lowest BCUT2D eigenvalue weighted by atomic mass is 9.90. The number of nitrogens with one attached hydrogen (secondary N) is 2. The van der Waals surface area contributed by atoms with Crippen molar-refractivity contribution in [3.05, 3.63) is 69.8 Å². The molecule has 1 atom stereocenters. The summed E-state index contributed by atoms with van der Waals surface area (Å²) in [5, 5.41) is 11.1. The quantitative estimate of drug-likeness (QED) is 0.381. The summed E-state index contributed by atoms with van der Waals surface area (Å²) < 4.78 is 7.32. The second kappa shape index (κ2) is 11.5. The van der Waals surface area contributed by atoms with Crippen molar-refractivity contribution in [2.75, 3.05) is 11.9 Å². The first-order valence-corrected chi connectivity index (χ1v) is 12.9. The maximum Gasteiger partial charge on any atom is 0.330 e. The van der Waals surface area contributed by atoms with E-state index in [1.165, 1.54) is 0 Å². The predicted octanol–water partition coefficient (Wildman–Crippen LogP) is 5.05.